The van der Waals surface area contributed by atoms with Crippen molar-refractivity contribution < 1.29 is 14.7 Å². The number of aromatic hydroxyl groups is 1. The lowest BCUT2D eigenvalue weighted by molar-refractivity contribution is 0.0993. The van der Waals surface area contributed by atoms with Gasteiger partial charge in [0.25, 0.3) is 11.8 Å². The van der Waals surface area contributed by atoms with Crippen molar-refractivity contribution in [2.75, 3.05) is 5.32 Å². The molecule has 4 N–H and O–H groups in total. The molecule has 0 spiro atoms. The first-order valence-electron chi connectivity index (χ1n) is 9.18. The van der Waals surface area contributed by atoms with Gasteiger partial charge in [-0.1, -0.05) is 42.5 Å². The number of phenols is 1. The monoisotopic (exact) mass is 412 g/mol. The maximum absolute atomic E-state index is 12.8. The molecule has 1 heterocycles. The van der Waals surface area contributed by atoms with Gasteiger partial charge < -0.3 is 16.2 Å². The molecule has 4 aromatic rings. The van der Waals surface area contributed by atoms with Crippen molar-refractivity contribution in [3.05, 3.63) is 84.3 Å². The van der Waals surface area contributed by atoms with E-state index >= 15 is 0 Å². The molecule has 9 nitrogen and oxygen atoms in total. The van der Waals surface area contributed by atoms with Crippen molar-refractivity contribution in [1.29, 1.82) is 0 Å². The molecule has 0 aliphatic heterocycles. The summed E-state index contributed by atoms with van der Waals surface area (Å²) in [6, 6.07) is 17.5. The molecule has 0 radical (unpaired) electrons. The van der Waals surface area contributed by atoms with Crippen molar-refractivity contribution >= 4 is 39.8 Å². The SMILES string of the molecule is NC(=O)c1nccnc1N=Nc1c(O)c(C(=O)Nc2ccccc2)cc2ccccc12. The number of benzene rings is 3. The molecule has 0 saturated heterocycles. The van der Waals surface area contributed by atoms with E-state index in [4.69, 9.17) is 5.73 Å². The number of rotatable bonds is 5. The predicted octanol–water partition coefficient (Wildman–Crippen LogP) is 4.10. The standard InChI is InChI=1S/C22H16N6O3/c23-20(30)18-21(25-11-10-24-18)28-27-17-15-9-5-4-6-13(15)12-16(19(17)29)22(31)26-14-7-2-1-3-8-14/h1-12,29H,(H2,23,30)(H,26,31). The third-order valence-electron chi connectivity index (χ3n) is 4.43. The number of primary amides is 1. The zero-order valence-corrected chi connectivity index (χ0v) is 16.1. The number of carbonyl (C=O) groups excluding carboxylic acids is 2. The van der Waals surface area contributed by atoms with Crippen molar-refractivity contribution in [3.8, 4) is 5.75 Å². The summed E-state index contributed by atoms with van der Waals surface area (Å²) >= 11 is 0. The Labute approximate surface area is 176 Å². The molecule has 0 atom stereocenters. The second-order valence-electron chi connectivity index (χ2n) is 6.46. The molecule has 2 amide bonds. The van der Waals surface area contributed by atoms with Crippen molar-refractivity contribution in [3.63, 3.8) is 0 Å². The van der Waals surface area contributed by atoms with Gasteiger partial charge >= 0.3 is 0 Å². The predicted molar refractivity (Wildman–Crippen MR) is 115 cm³/mol. The number of fused-ring (bicyclic) bond motifs is 1. The third kappa shape index (κ3) is 4.06. The lowest BCUT2D eigenvalue weighted by Crippen LogP contribution is -2.13. The van der Waals surface area contributed by atoms with Crippen LogP contribution in [0.3, 0.4) is 0 Å². The van der Waals surface area contributed by atoms with Crippen molar-refractivity contribution in [1.82, 2.24) is 9.97 Å². The Morgan fingerprint density at radius 2 is 1.65 bits per heavy atom. The van der Waals surface area contributed by atoms with Crippen molar-refractivity contribution in [2.45, 2.75) is 0 Å². The molecule has 1 aromatic heterocycles. The Kier molecular flexibility index (Phi) is 5.31. The Morgan fingerprint density at radius 3 is 2.42 bits per heavy atom. The number of carbonyl (C=O) groups is 2. The van der Waals surface area contributed by atoms with Crippen LogP contribution in [0.5, 0.6) is 5.75 Å². The van der Waals surface area contributed by atoms with Crippen LogP contribution in [0.25, 0.3) is 10.8 Å². The van der Waals surface area contributed by atoms with Crippen LogP contribution in [0.15, 0.2) is 83.3 Å². The molecule has 3 aromatic carbocycles. The van der Waals surface area contributed by atoms with Gasteiger partial charge in [-0.3, -0.25) is 9.59 Å². The van der Waals surface area contributed by atoms with Gasteiger partial charge in [0.05, 0.1) is 5.56 Å². The number of azo groups is 1. The summed E-state index contributed by atoms with van der Waals surface area (Å²) in [5, 5.41) is 22.8. The number of aromatic nitrogens is 2. The van der Waals surface area contributed by atoms with Gasteiger partial charge in [0.1, 0.15) is 5.69 Å². The smallest absolute Gasteiger partial charge is 0.271 e. The first-order chi connectivity index (χ1) is 15.0. The van der Waals surface area contributed by atoms with Crippen LogP contribution in [-0.2, 0) is 0 Å². The number of nitrogens with one attached hydrogen (secondary N) is 1. The summed E-state index contributed by atoms with van der Waals surface area (Å²) in [6.45, 7) is 0. The fourth-order valence-corrected chi connectivity index (χ4v) is 2.99. The molecular weight excluding hydrogens is 396 g/mol. The summed E-state index contributed by atoms with van der Waals surface area (Å²) in [7, 11) is 0. The van der Waals surface area contributed by atoms with E-state index in [1.54, 1.807) is 54.6 Å². The molecule has 152 valence electrons. The van der Waals surface area contributed by atoms with E-state index < -0.39 is 11.8 Å². The lowest BCUT2D eigenvalue weighted by Gasteiger charge is -2.11. The Hall–Kier alpha value is -4.66. The number of hydrogen-bond donors (Lipinski definition) is 3. The number of phenolic OH excluding ortho intramolecular Hbond substituents is 1. The molecule has 0 aliphatic carbocycles. The number of nitrogens with zero attached hydrogens (tertiary/aromatic N) is 4. The van der Waals surface area contributed by atoms with Crippen LogP contribution in [0.4, 0.5) is 17.2 Å². The molecule has 0 unspecified atom stereocenters. The zero-order valence-electron chi connectivity index (χ0n) is 16.1. The second-order valence-corrected chi connectivity index (χ2v) is 6.46. The van der Waals surface area contributed by atoms with Gasteiger partial charge in [0.2, 0.25) is 5.82 Å². The van der Waals surface area contributed by atoms with Gasteiger partial charge in [0, 0.05) is 23.5 Å². The molecule has 9 heteroatoms. The van der Waals surface area contributed by atoms with E-state index in [0.717, 1.165) is 0 Å². The topological polar surface area (TPSA) is 143 Å². The highest BCUT2D eigenvalue weighted by atomic mass is 16.3. The average Bonchev–Trinajstić information content (AvgIpc) is 2.79. The highest BCUT2D eigenvalue weighted by molar-refractivity contribution is 6.11. The summed E-state index contributed by atoms with van der Waals surface area (Å²) in [5.74, 6) is -1.78. The Balaban J connectivity index is 1.81. The molecular formula is C22H16N6O3. The van der Waals surface area contributed by atoms with Gasteiger partial charge in [-0.15, -0.1) is 10.2 Å². The minimum atomic E-state index is -0.813. The van der Waals surface area contributed by atoms with Gasteiger partial charge in [-0.05, 0) is 23.6 Å². The van der Waals surface area contributed by atoms with E-state index in [1.165, 1.54) is 12.4 Å². The summed E-state index contributed by atoms with van der Waals surface area (Å²) in [6.07, 6.45) is 2.64. The largest absolute Gasteiger partial charge is 0.505 e. The molecule has 0 saturated carbocycles. The fraction of sp³-hybridized carbons (Fsp3) is 0. The Morgan fingerprint density at radius 1 is 0.935 bits per heavy atom. The minimum absolute atomic E-state index is 0.0192. The summed E-state index contributed by atoms with van der Waals surface area (Å²) in [5.41, 5.74) is 5.79. The van der Waals surface area contributed by atoms with Crippen LogP contribution in [-0.4, -0.2) is 26.9 Å². The molecule has 0 aliphatic rings. The number of amides is 2. The normalized spacial score (nSPS) is 11.0. The van der Waals surface area contributed by atoms with Crippen LogP contribution < -0.4 is 11.1 Å². The number of anilines is 1. The van der Waals surface area contributed by atoms with E-state index in [0.29, 0.717) is 16.5 Å². The molecule has 31 heavy (non-hydrogen) atoms. The highest BCUT2D eigenvalue weighted by Gasteiger charge is 2.19. The van der Waals surface area contributed by atoms with E-state index in [-0.39, 0.29) is 28.5 Å². The summed E-state index contributed by atoms with van der Waals surface area (Å²) < 4.78 is 0. The van der Waals surface area contributed by atoms with Crippen LogP contribution in [0.1, 0.15) is 20.8 Å². The zero-order chi connectivity index (χ0) is 21.8. The maximum atomic E-state index is 12.8. The minimum Gasteiger partial charge on any atom is -0.505 e. The fourth-order valence-electron chi connectivity index (χ4n) is 2.99. The first-order valence-corrected chi connectivity index (χ1v) is 9.18. The van der Waals surface area contributed by atoms with Gasteiger partial charge in [-0.25, -0.2) is 9.97 Å². The van der Waals surface area contributed by atoms with Crippen LogP contribution >= 0.6 is 0 Å². The van der Waals surface area contributed by atoms with Gasteiger partial charge in [-0.2, -0.15) is 0 Å². The number of para-hydroxylation sites is 1. The summed E-state index contributed by atoms with van der Waals surface area (Å²) in [4.78, 5) is 32.2. The first kappa shape index (κ1) is 19.6. The third-order valence-corrected chi connectivity index (χ3v) is 4.43. The molecule has 0 bridgehead atoms. The second kappa shape index (κ2) is 8.37. The van der Waals surface area contributed by atoms with E-state index in [1.807, 2.05) is 6.07 Å². The van der Waals surface area contributed by atoms with E-state index in [2.05, 4.69) is 25.5 Å². The molecule has 0 fully saturated rings. The number of hydrogen-bond acceptors (Lipinski definition) is 7. The van der Waals surface area contributed by atoms with Crippen LogP contribution in [0, 0.1) is 0 Å². The maximum Gasteiger partial charge on any atom is 0.271 e. The molecule has 4 rings (SSSR count). The number of nitrogens with two attached hydrogens (primary N) is 1. The lowest BCUT2D eigenvalue weighted by atomic mass is 10.0. The van der Waals surface area contributed by atoms with Gasteiger partial charge in [0.15, 0.2) is 11.4 Å². The Bertz CT molecular complexity index is 1320. The van der Waals surface area contributed by atoms with Crippen LogP contribution in [0.2, 0.25) is 0 Å². The van der Waals surface area contributed by atoms with Crippen molar-refractivity contribution in [2.24, 2.45) is 16.0 Å². The quantitative estimate of drug-likeness (QED) is 0.423. The van der Waals surface area contributed by atoms with E-state index in [9.17, 15) is 14.7 Å². The average molecular weight is 412 g/mol. The highest BCUT2D eigenvalue weighted by Crippen LogP contribution is 2.39.